The van der Waals surface area contributed by atoms with Gasteiger partial charge in [0.2, 0.25) is 0 Å². The lowest BCUT2D eigenvalue weighted by atomic mass is 9.99. The number of hydrogen-bond donors (Lipinski definition) is 2. The van der Waals surface area contributed by atoms with E-state index < -0.39 is 0 Å². The summed E-state index contributed by atoms with van der Waals surface area (Å²) in [6.07, 6.45) is 0. The smallest absolute Gasteiger partial charge is 0.0948 e. The predicted octanol–water partition coefficient (Wildman–Crippen LogP) is 4.06. The van der Waals surface area contributed by atoms with Crippen LogP contribution in [0.5, 0.6) is 0 Å². The molecule has 0 spiro atoms. The number of anilines is 1. The molecule has 0 saturated heterocycles. The summed E-state index contributed by atoms with van der Waals surface area (Å²) in [4.78, 5) is 0. The summed E-state index contributed by atoms with van der Waals surface area (Å²) in [5.41, 5.74) is 3.65. The fourth-order valence-corrected chi connectivity index (χ4v) is 1.87. The zero-order chi connectivity index (χ0) is 13.1. The maximum absolute atomic E-state index is 9.00. The molecule has 94 valence electrons. The molecule has 2 rings (SSSR count). The summed E-state index contributed by atoms with van der Waals surface area (Å²) in [5.74, 6) is 0.510. The SMILES string of the molecule is CC(C)c1ccc(-c2cccc(N(O)O)c2)cc1. The molecule has 0 heterocycles. The second-order valence-corrected chi connectivity index (χ2v) is 4.62. The van der Waals surface area contributed by atoms with E-state index in [0.717, 1.165) is 11.1 Å². The first-order valence-corrected chi connectivity index (χ1v) is 5.96. The van der Waals surface area contributed by atoms with Crippen LogP contribution in [0.15, 0.2) is 48.5 Å². The van der Waals surface area contributed by atoms with Crippen molar-refractivity contribution < 1.29 is 10.4 Å². The minimum atomic E-state index is 0.131. The molecule has 0 aliphatic carbocycles. The second-order valence-electron chi connectivity index (χ2n) is 4.62. The van der Waals surface area contributed by atoms with Crippen molar-refractivity contribution in [3.8, 4) is 11.1 Å². The van der Waals surface area contributed by atoms with E-state index in [4.69, 9.17) is 10.4 Å². The van der Waals surface area contributed by atoms with Crippen LogP contribution in [0.3, 0.4) is 0 Å². The van der Waals surface area contributed by atoms with Crippen molar-refractivity contribution in [2.45, 2.75) is 19.8 Å². The minimum absolute atomic E-state index is 0.131. The average Bonchev–Trinajstić information content (AvgIpc) is 2.39. The van der Waals surface area contributed by atoms with Gasteiger partial charge in [-0.1, -0.05) is 50.2 Å². The van der Waals surface area contributed by atoms with Gasteiger partial charge in [-0.15, -0.1) is 5.23 Å². The highest BCUT2D eigenvalue weighted by atomic mass is 16.8. The summed E-state index contributed by atoms with van der Waals surface area (Å²) in [6.45, 7) is 4.32. The van der Waals surface area contributed by atoms with E-state index in [1.165, 1.54) is 5.56 Å². The monoisotopic (exact) mass is 243 g/mol. The van der Waals surface area contributed by atoms with E-state index in [-0.39, 0.29) is 5.23 Å². The number of benzene rings is 2. The quantitative estimate of drug-likeness (QED) is 0.799. The summed E-state index contributed by atoms with van der Waals surface area (Å²) >= 11 is 0. The van der Waals surface area contributed by atoms with Gasteiger partial charge < -0.3 is 0 Å². The topological polar surface area (TPSA) is 43.7 Å². The lowest BCUT2D eigenvalue weighted by Crippen LogP contribution is -2.10. The molecule has 3 heteroatoms. The Bertz CT molecular complexity index is 518. The Hall–Kier alpha value is -1.84. The molecule has 3 nitrogen and oxygen atoms in total. The number of rotatable bonds is 3. The molecular weight excluding hydrogens is 226 g/mol. The Kier molecular flexibility index (Phi) is 3.65. The van der Waals surface area contributed by atoms with Crippen LogP contribution >= 0.6 is 0 Å². The first kappa shape index (κ1) is 12.6. The van der Waals surface area contributed by atoms with Crippen LogP contribution in [-0.2, 0) is 0 Å². The Labute approximate surface area is 107 Å². The lowest BCUT2D eigenvalue weighted by molar-refractivity contribution is 0.0292. The Morgan fingerprint density at radius 2 is 1.56 bits per heavy atom. The molecule has 0 aromatic heterocycles. The van der Waals surface area contributed by atoms with E-state index in [1.807, 2.05) is 18.2 Å². The van der Waals surface area contributed by atoms with Crippen LogP contribution in [0.4, 0.5) is 5.69 Å². The molecule has 2 aromatic rings. The lowest BCUT2D eigenvalue weighted by Gasteiger charge is -2.10. The number of nitrogens with zero attached hydrogens (tertiary/aromatic N) is 1. The van der Waals surface area contributed by atoms with Crippen LogP contribution in [0.25, 0.3) is 11.1 Å². The van der Waals surface area contributed by atoms with Gasteiger partial charge in [0.15, 0.2) is 0 Å². The zero-order valence-electron chi connectivity index (χ0n) is 10.5. The Balaban J connectivity index is 2.33. The van der Waals surface area contributed by atoms with Gasteiger partial charge in [0.05, 0.1) is 5.69 Å². The van der Waals surface area contributed by atoms with Gasteiger partial charge in [0.1, 0.15) is 0 Å². The third-order valence-electron chi connectivity index (χ3n) is 2.99. The fraction of sp³-hybridized carbons (Fsp3) is 0.200. The van der Waals surface area contributed by atoms with Crippen molar-refractivity contribution in [1.82, 2.24) is 0 Å². The molecule has 2 N–H and O–H groups in total. The third kappa shape index (κ3) is 2.70. The van der Waals surface area contributed by atoms with E-state index in [1.54, 1.807) is 18.2 Å². The molecule has 0 amide bonds. The highest BCUT2D eigenvalue weighted by Gasteiger charge is 2.04. The summed E-state index contributed by atoms with van der Waals surface area (Å²) in [5, 5.41) is 18.1. The molecule has 0 unspecified atom stereocenters. The molecule has 18 heavy (non-hydrogen) atoms. The van der Waals surface area contributed by atoms with Crippen molar-refractivity contribution in [2.24, 2.45) is 0 Å². The summed E-state index contributed by atoms with van der Waals surface area (Å²) < 4.78 is 0. The van der Waals surface area contributed by atoms with Gasteiger partial charge >= 0.3 is 0 Å². The van der Waals surface area contributed by atoms with Crippen molar-refractivity contribution in [3.63, 3.8) is 0 Å². The summed E-state index contributed by atoms with van der Waals surface area (Å²) in [6, 6.07) is 15.4. The van der Waals surface area contributed by atoms with Gasteiger partial charge in [-0.25, -0.2) is 0 Å². The predicted molar refractivity (Wildman–Crippen MR) is 72.0 cm³/mol. The van der Waals surface area contributed by atoms with Gasteiger partial charge in [0.25, 0.3) is 0 Å². The van der Waals surface area contributed by atoms with Crippen LogP contribution in [0, 0.1) is 0 Å². The second kappa shape index (κ2) is 5.21. The van der Waals surface area contributed by atoms with Crippen molar-refractivity contribution in [3.05, 3.63) is 54.1 Å². The minimum Gasteiger partial charge on any atom is -0.264 e. The van der Waals surface area contributed by atoms with Gasteiger partial charge in [-0.05, 0) is 34.7 Å². The van der Waals surface area contributed by atoms with Crippen LogP contribution < -0.4 is 5.23 Å². The molecule has 0 bridgehead atoms. The fourth-order valence-electron chi connectivity index (χ4n) is 1.87. The zero-order valence-corrected chi connectivity index (χ0v) is 10.5. The van der Waals surface area contributed by atoms with E-state index in [0.29, 0.717) is 11.6 Å². The maximum Gasteiger partial charge on any atom is 0.0948 e. The summed E-state index contributed by atoms with van der Waals surface area (Å²) in [7, 11) is 0. The molecule has 0 radical (unpaired) electrons. The van der Waals surface area contributed by atoms with Crippen LogP contribution in [-0.4, -0.2) is 10.4 Å². The maximum atomic E-state index is 9.00. The highest BCUT2D eigenvalue weighted by Crippen LogP contribution is 2.25. The van der Waals surface area contributed by atoms with E-state index >= 15 is 0 Å². The molecule has 0 saturated carbocycles. The highest BCUT2D eigenvalue weighted by molar-refractivity contribution is 5.68. The van der Waals surface area contributed by atoms with Crippen LogP contribution in [0.2, 0.25) is 0 Å². The molecular formula is C15H17NO2. The number of hydrogen-bond acceptors (Lipinski definition) is 3. The van der Waals surface area contributed by atoms with Gasteiger partial charge in [-0.3, -0.25) is 10.4 Å². The van der Waals surface area contributed by atoms with E-state index in [2.05, 4.69) is 26.0 Å². The van der Waals surface area contributed by atoms with Gasteiger partial charge in [0, 0.05) is 0 Å². The largest absolute Gasteiger partial charge is 0.264 e. The first-order chi connectivity index (χ1) is 8.58. The molecule has 0 fully saturated rings. The standard InChI is InChI=1S/C15H17NO2/c1-11(2)12-6-8-13(9-7-12)14-4-3-5-15(10-14)16(17)18/h3-11,17-18H,1-2H3. The Morgan fingerprint density at radius 1 is 0.889 bits per heavy atom. The average molecular weight is 243 g/mol. The molecule has 0 aliphatic heterocycles. The van der Waals surface area contributed by atoms with Gasteiger partial charge in [-0.2, -0.15) is 0 Å². The normalized spacial score (nSPS) is 10.7. The molecule has 0 atom stereocenters. The van der Waals surface area contributed by atoms with Crippen molar-refractivity contribution in [1.29, 1.82) is 0 Å². The van der Waals surface area contributed by atoms with E-state index in [9.17, 15) is 0 Å². The van der Waals surface area contributed by atoms with Crippen molar-refractivity contribution >= 4 is 5.69 Å². The molecule has 0 aliphatic rings. The van der Waals surface area contributed by atoms with Crippen LogP contribution in [0.1, 0.15) is 25.3 Å². The van der Waals surface area contributed by atoms with Crippen molar-refractivity contribution in [2.75, 3.05) is 5.23 Å². The Morgan fingerprint density at radius 3 is 2.11 bits per heavy atom. The molecule has 2 aromatic carbocycles. The first-order valence-electron chi connectivity index (χ1n) is 5.96. The third-order valence-corrected chi connectivity index (χ3v) is 2.99.